The molecule has 0 amide bonds. The molecule has 84 valence electrons. The molecule has 1 rings (SSSR count). The quantitative estimate of drug-likeness (QED) is 0.773. The van der Waals surface area contributed by atoms with Crippen molar-refractivity contribution in [2.45, 2.75) is 45.7 Å². The summed E-state index contributed by atoms with van der Waals surface area (Å²) in [7, 11) is -2.73. The summed E-state index contributed by atoms with van der Waals surface area (Å²) in [6.07, 6.45) is 1.89. The molecule has 1 fully saturated rings. The van der Waals surface area contributed by atoms with Crippen LogP contribution in [0.3, 0.4) is 0 Å². The molecule has 1 aliphatic rings. The lowest BCUT2D eigenvalue weighted by Gasteiger charge is -2.19. The van der Waals surface area contributed by atoms with Crippen molar-refractivity contribution in [3.8, 4) is 0 Å². The zero-order valence-corrected chi connectivity index (χ0v) is 10.1. The molecule has 0 bridgehead atoms. The van der Waals surface area contributed by atoms with Crippen molar-refractivity contribution in [2.24, 2.45) is 5.92 Å². The van der Waals surface area contributed by atoms with Crippen molar-refractivity contribution >= 4 is 9.84 Å². The highest BCUT2D eigenvalue weighted by Gasteiger charge is 2.28. The van der Waals surface area contributed by atoms with E-state index in [1.807, 2.05) is 0 Å². The third kappa shape index (κ3) is 3.96. The number of hydrogen-bond donors (Lipinski definition) is 1. The first kappa shape index (κ1) is 12.0. The molecule has 1 saturated heterocycles. The Kier molecular flexibility index (Phi) is 3.95. The summed E-state index contributed by atoms with van der Waals surface area (Å²) >= 11 is 0. The van der Waals surface area contributed by atoms with Gasteiger partial charge in [-0.25, -0.2) is 8.42 Å². The number of rotatable bonds is 4. The Morgan fingerprint density at radius 2 is 2.00 bits per heavy atom. The van der Waals surface area contributed by atoms with Gasteiger partial charge in [0.25, 0.3) is 0 Å². The molecule has 2 atom stereocenters. The molecule has 0 aliphatic carbocycles. The van der Waals surface area contributed by atoms with E-state index in [2.05, 4.69) is 26.1 Å². The van der Waals surface area contributed by atoms with E-state index in [4.69, 9.17) is 0 Å². The standard InChI is InChI=1S/C10H21NO2S/c1-8(2)6-9(3)11-10-4-5-14(12,13)7-10/h8-11H,4-7H2,1-3H3. The van der Waals surface area contributed by atoms with Crippen LogP contribution in [0.1, 0.15) is 33.6 Å². The highest BCUT2D eigenvalue weighted by molar-refractivity contribution is 7.91. The fourth-order valence-electron chi connectivity index (χ4n) is 2.10. The maximum Gasteiger partial charge on any atom is 0.151 e. The average Bonchev–Trinajstić information content (AvgIpc) is 2.27. The minimum atomic E-state index is -2.73. The lowest BCUT2D eigenvalue weighted by atomic mass is 10.0. The maximum absolute atomic E-state index is 11.2. The van der Waals surface area contributed by atoms with E-state index in [9.17, 15) is 8.42 Å². The Bertz CT molecular complexity index is 272. The Hall–Kier alpha value is -0.0900. The summed E-state index contributed by atoms with van der Waals surface area (Å²) in [6.45, 7) is 6.50. The fraction of sp³-hybridized carbons (Fsp3) is 1.00. The van der Waals surface area contributed by atoms with E-state index in [1.54, 1.807) is 0 Å². The third-order valence-corrected chi connectivity index (χ3v) is 4.35. The summed E-state index contributed by atoms with van der Waals surface area (Å²) in [5.41, 5.74) is 0. The number of nitrogens with one attached hydrogen (secondary N) is 1. The Morgan fingerprint density at radius 1 is 1.36 bits per heavy atom. The summed E-state index contributed by atoms with van der Waals surface area (Å²) in [4.78, 5) is 0. The average molecular weight is 219 g/mol. The molecule has 1 N–H and O–H groups in total. The van der Waals surface area contributed by atoms with Crippen molar-refractivity contribution in [1.29, 1.82) is 0 Å². The highest BCUT2D eigenvalue weighted by atomic mass is 32.2. The van der Waals surface area contributed by atoms with Crippen LogP contribution in [-0.2, 0) is 9.84 Å². The summed E-state index contributed by atoms with van der Waals surface area (Å²) in [5, 5.41) is 3.39. The topological polar surface area (TPSA) is 46.2 Å². The monoisotopic (exact) mass is 219 g/mol. The zero-order valence-electron chi connectivity index (χ0n) is 9.29. The Morgan fingerprint density at radius 3 is 2.43 bits per heavy atom. The molecule has 1 heterocycles. The van der Waals surface area contributed by atoms with Crippen molar-refractivity contribution in [1.82, 2.24) is 5.32 Å². The maximum atomic E-state index is 11.2. The van der Waals surface area contributed by atoms with Gasteiger partial charge in [-0.05, 0) is 25.7 Å². The largest absolute Gasteiger partial charge is 0.310 e. The zero-order chi connectivity index (χ0) is 10.8. The minimum Gasteiger partial charge on any atom is -0.310 e. The first-order valence-electron chi connectivity index (χ1n) is 5.35. The first-order chi connectivity index (χ1) is 6.39. The van der Waals surface area contributed by atoms with Crippen LogP contribution in [0, 0.1) is 5.92 Å². The Labute approximate surface area is 87.2 Å². The van der Waals surface area contributed by atoms with Crippen LogP contribution < -0.4 is 5.32 Å². The van der Waals surface area contributed by atoms with Gasteiger partial charge in [0.2, 0.25) is 0 Å². The van der Waals surface area contributed by atoms with E-state index in [-0.39, 0.29) is 6.04 Å². The number of hydrogen-bond acceptors (Lipinski definition) is 3. The summed E-state index contributed by atoms with van der Waals surface area (Å²) < 4.78 is 22.4. The predicted molar refractivity (Wildman–Crippen MR) is 59.1 cm³/mol. The second kappa shape index (κ2) is 4.62. The van der Waals surface area contributed by atoms with Gasteiger partial charge in [0.15, 0.2) is 9.84 Å². The van der Waals surface area contributed by atoms with Crippen LogP contribution in [-0.4, -0.2) is 32.0 Å². The SMILES string of the molecule is CC(C)CC(C)NC1CCS(=O)(=O)C1. The van der Waals surface area contributed by atoms with E-state index >= 15 is 0 Å². The molecule has 4 heteroatoms. The molecule has 0 aromatic heterocycles. The predicted octanol–water partition coefficient (Wildman–Crippen LogP) is 1.20. The second-order valence-corrected chi connectivity index (χ2v) is 7.03. The van der Waals surface area contributed by atoms with Gasteiger partial charge in [-0.2, -0.15) is 0 Å². The van der Waals surface area contributed by atoms with Gasteiger partial charge in [0, 0.05) is 12.1 Å². The fourth-order valence-corrected chi connectivity index (χ4v) is 3.79. The van der Waals surface area contributed by atoms with Crippen LogP contribution in [0.25, 0.3) is 0 Å². The number of sulfone groups is 1. The van der Waals surface area contributed by atoms with Gasteiger partial charge in [-0.1, -0.05) is 13.8 Å². The lowest BCUT2D eigenvalue weighted by molar-refractivity contribution is 0.404. The molecular formula is C10H21NO2S. The molecule has 0 radical (unpaired) electrons. The van der Waals surface area contributed by atoms with Crippen molar-refractivity contribution in [2.75, 3.05) is 11.5 Å². The molecule has 0 spiro atoms. The van der Waals surface area contributed by atoms with E-state index < -0.39 is 9.84 Å². The van der Waals surface area contributed by atoms with Crippen LogP contribution in [0.2, 0.25) is 0 Å². The van der Waals surface area contributed by atoms with Crippen molar-refractivity contribution in [3.63, 3.8) is 0 Å². The first-order valence-corrected chi connectivity index (χ1v) is 7.17. The van der Waals surface area contributed by atoms with E-state index in [0.29, 0.717) is 23.5 Å². The molecule has 0 aromatic carbocycles. The molecule has 1 aliphatic heterocycles. The van der Waals surface area contributed by atoms with Crippen LogP contribution >= 0.6 is 0 Å². The van der Waals surface area contributed by atoms with Crippen molar-refractivity contribution < 1.29 is 8.42 Å². The molecule has 3 nitrogen and oxygen atoms in total. The van der Waals surface area contributed by atoms with Crippen LogP contribution in [0.4, 0.5) is 0 Å². The van der Waals surface area contributed by atoms with Gasteiger partial charge < -0.3 is 5.32 Å². The lowest BCUT2D eigenvalue weighted by Crippen LogP contribution is -2.37. The summed E-state index contributed by atoms with van der Waals surface area (Å²) in [5.74, 6) is 1.35. The van der Waals surface area contributed by atoms with Gasteiger partial charge >= 0.3 is 0 Å². The molecule has 0 aromatic rings. The molecule has 14 heavy (non-hydrogen) atoms. The van der Waals surface area contributed by atoms with Crippen LogP contribution in [0.5, 0.6) is 0 Å². The van der Waals surface area contributed by atoms with Gasteiger partial charge in [-0.15, -0.1) is 0 Å². The van der Waals surface area contributed by atoms with E-state index in [0.717, 1.165) is 12.8 Å². The van der Waals surface area contributed by atoms with Gasteiger partial charge in [-0.3, -0.25) is 0 Å². The summed E-state index contributed by atoms with van der Waals surface area (Å²) in [6, 6.07) is 0.613. The molecule has 0 saturated carbocycles. The third-order valence-electron chi connectivity index (χ3n) is 2.58. The van der Waals surface area contributed by atoms with Crippen molar-refractivity contribution in [3.05, 3.63) is 0 Å². The van der Waals surface area contributed by atoms with Gasteiger partial charge in [0.05, 0.1) is 11.5 Å². The van der Waals surface area contributed by atoms with E-state index in [1.165, 1.54) is 0 Å². The normalized spacial score (nSPS) is 28.1. The Balaban J connectivity index is 2.32. The second-order valence-electron chi connectivity index (χ2n) is 4.80. The van der Waals surface area contributed by atoms with Gasteiger partial charge in [0.1, 0.15) is 0 Å². The minimum absolute atomic E-state index is 0.189. The highest BCUT2D eigenvalue weighted by Crippen LogP contribution is 2.13. The van der Waals surface area contributed by atoms with Crippen LogP contribution in [0.15, 0.2) is 0 Å². The molecule has 2 unspecified atom stereocenters. The molecular weight excluding hydrogens is 198 g/mol. The smallest absolute Gasteiger partial charge is 0.151 e.